The van der Waals surface area contributed by atoms with Gasteiger partial charge in [0.15, 0.2) is 0 Å². The van der Waals surface area contributed by atoms with E-state index in [9.17, 15) is 4.79 Å². The zero-order chi connectivity index (χ0) is 13.7. The van der Waals surface area contributed by atoms with Crippen molar-refractivity contribution in [1.82, 2.24) is 4.90 Å². The monoisotopic (exact) mass is 299 g/mol. The van der Waals surface area contributed by atoms with Crippen molar-refractivity contribution < 1.29 is 9.90 Å². The van der Waals surface area contributed by atoms with Crippen LogP contribution in [0.4, 0.5) is 0 Å². The van der Waals surface area contributed by atoms with Crippen molar-refractivity contribution in [2.75, 3.05) is 13.2 Å². The van der Waals surface area contributed by atoms with E-state index in [4.69, 9.17) is 16.7 Å². The van der Waals surface area contributed by atoms with Crippen molar-refractivity contribution in [3.8, 4) is 0 Å². The second-order valence-corrected chi connectivity index (χ2v) is 6.42. The van der Waals surface area contributed by atoms with Gasteiger partial charge in [0.1, 0.15) is 0 Å². The highest BCUT2D eigenvalue weighted by molar-refractivity contribution is 7.17. The van der Waals surface area contributed by atoms with E-state index in [0.29, 0.717) is 6.54 Å². The van der Waals surface area contributed by atoms with Gasteiger partial charge in [0, 0.05) is 23.5 Å². The van der Waals surface area contributed by atoms with Crippen molar-refractivity contribution in [3.63, 3.8) is 0 Å². The number of halogens is 1. The SMILES string of the molecule is O=C(C=Cc1ccc(Cl)s1)N(CCO)C1CCCC1. The Morgan fingerprint density at radius 3 is 2.79 bits per heavy atom. The molecule has 1 aromatic heterocycles. The van der Waals surface area contributed by atoms with Gasteiger partial charge in [-0.1, -0.05) is 24.4 Å². The molecule has 5 heteroatoms. The first-order chi connectivity index (χ1) is 9.20. The van der Waals surface area contributed by atoms with Gasteiger partial charge in [0.2, 0.25) is 5.91 Å². The number of hydrogen-bond donors (Lipinski definition) is 1. The van der Waals surface area contributed by atoms with Crippen LogP contribution in [0.2, 0.25) is 4.34 Å². The molecule has 1 N–H and O–H groups in total. The topological polar surface area (TPSA) is 40.5 Å². The van der Waals surface area contributed by atoms with Crippen molar-refractivity contribution in [3.05, 3.63) is 27.4 Å². The van der Waals surface area contributed by atoms with Gasteiger partial charge in [0.05, 0.1) is 10.9 Å². The summed E-state index contributed by atoms with van der Waals surface area (Å²) in [4.78, 5) is 15.0. The van der Waals surface area contributed by atoms with E-state index in [0.717, 1.165) is 22.1 Å². The molecule has 0 saturated heterocycles. The molecule has 0 bridgehead atoms. The second-order valence-electron chi connectivity index (χ2n) is 4.67. The van der Waals surface area contributed by atoms with Crippen LogP contribution in [-0.4, -0.2) is 35.1 Å². The van der Waals surface area contributed by atoms with Crippen LogP contribution in [0.3, 0.4) is 0 Å². The van der Waals surface area contributed by atoms with Gasteiger partial charge in [-0.05, 0) is 31.1 Å². The molecule has 0 aliphatic heterocycles. The average molecular weight is 300 g/mol. The molecule has 1 amide bonds. The Morgan fingerprint density at radius 1 is 1.47 bits per heavy atom. The maximum atomic E-state index is 12.2. The molecule has 0 atom stereocenters. The molecular formula is C14H18ClNO2S. The molecular weight excluding hydrogens is 282 g/mol. The van der Waals surface area contributed by atoms with E-state index in [2.05, 4.69) is 0 Å². The molecule has 0 spiro atoms. The molecule has 1 fully saturated rings. The van der Waals surface area contributed by atoms with Crippen LogP contribution in [0, 0.1) is 0 Å². The first-order valence-electron chi connectivity index (χ1n) is 6.55. The number of nitrogens with zero attached hydrogens (tertiary/aromatic N) is 1. The van der Waals surface area contributed by atoms with Gasteiger partial charge in [0.25, 0.3) is 0 Å². The summed E-state index contributed by atoms with van der Waals surface area (Å²) in [7, 11) is 0. The summed E-state index contributed by atoms with van der Waals surface area (Å²) in [5, 5.41) is 9.10. The molecule has 0 unspecified atom stereocenters. The van der Waals surface area contributed by atoms with E-state index in [1.165, 1.54) is 24.2 Å². The number of hydrogen-bond acceptors (Lipinski definition) is 3. The highest BCUT2D eigenvalue weighted by Gasteiger charge is 2.24. The van der Waals surface area contributed by atoms with Crippen molar-refractivity contribution in [2.45, 2.75) is 31.7 Å². The summed E-state index contributed by atoms with van der Waals surface area (Å²) in [6.07, 6.45) is 7.80. The average Bonchev–Trinajstić information content (AvgIpc) is 3.04. The molecule has 104 valence electrons. The van der Waals surface area contributed by atoms with E-state index < -0.39 is 0 Å². The first kappa shape index (κ1) is 14.6. The van der Waals surface area contributed by atoms with Gasteiger partial charge in [-0.2, -0.15) is 0 Å². The summed E-state index contributed by atoms with van der Waals surface area (Å²) >= 11 is 7.29. The van der Waals surface area contributed by atoms with E-state index in [1.807, 2.05) is 12.1 Å². The van der Waals surface area contributed by atoms with Gasteiger partial charge in [-0.3, -0.25) is 4.79 Å². The summed E-state index contributed by atoms with van der Waals surface area (Å²) < 4.78 is 0.718. The van der Waals surface area contributed by atoms with Crippen LogP contribution >= 0.6 is 22.9 Å². The number of carbonyl (C=O) groups is 1. The van der Waals surface area contributed by atoms with Crippen LogP contribution < -0.4 is 0 Å². The van der Waals surface area contributed by atoms with Crippen molar-refractivity contribution in [2.24, 2.45) is 0 Å². The third kappa shape index (κ3) is 4.06. The molecule has 1 aliphatic rings. The predicted octanol–water partition coefficient (Wildman–Crippen LogP) is 3.18. The van der Waals surface area contributed by atoms with Gasteiger partial charge in [-0.15, -0.1) is 11.3 Å². The van der Waals surface area contributed by atoms with E-state index >= 15 is 0 Å². The van der Waals surface area contributed by atoms with E-state index in [-0.39, 0.29) is 18.6 Å². The second kappa shape index (κ2) is 7.08. The molecule has 0 radical (unpaired) electrons. The fourth-order valence-electron chi connectivity index (χ4n) is 2.46. The molecule has 3 nitrogen and oxygen atoms in total. The fourth-order valence-corrected chi connectivity index (χ4v) is 3.43. The lowest BCUT2D eigenvalue weighted by Gasteiger charge is -2.27. The number of amides is 1. The van der Waals surface area contributed by atoms with Crippen molar-refractivity contribution >= 4 is 34.9 Å². The molecule has 1 saturated carbocycles. The van der Waals surface area contributed by atoms with Crippen LogP contribution in [0.5, 0.6) is 0 Å². The first-order valence-corrected chi connectivity index (χ1v) is 7.75. The smallest absolute Gasteiger partial charge is 0.246 e. The Morgan fingerprint density at radius 2 is 2.21 bits per heavy atom. The van der Waals surface area contributed by atoms with Crippen LogP contribution in [0.1, 0.15) is 30.6 Å². The minimum absolute atomic E-state index is 0.0148. The molecule has 1 aromatic rings. The number of aliphatic hydroxyl groups excluding tert-OH is 1. The zero-order valence-corrected chi connectivity index (χ0v) is 12.3. The lowest BCUT2D eigenvalue weighted by Crippen LogP contribution is -2.39. The standard InChI is InChI=1S/C14H18ClNO2S/c15-13-7-5-12(19-13)6-8-14(18)16(9-10-17)11-3-1-2-4-11/h5-8,11,17H,1-4,9-10H2. The van der Waals surface area contributed by atoms with Crippen LogP contribution in [0.15, 0.2) is 18.2 Å². The maximum Gasteiger partial charge on any atom is 0.246 e. The Kier molecular flexibility index (Phi) is 5.43. The quantitative estimate of drug-likeness (QED) is 0.848. The molecule has 1 heterocycles. The zero-order valence-electron chi connectivity index (χ0n) is 10.7. The Hall–Kier alpha value is -0.840. The minimum Gasteiger partial charge on any atom is -0.395 e. The summed E-state index contributed by atoms with van der Waals surface area (Å²) in [5.41, 5.74) is 0. The van der Waals surface area contributed by atoms with Crippen molar-refractivity contribution in [1.29, 1.82) is 0 Å². The van der Waals surface area contributed by atoms with Gasteiger partial charge in [-0.25, -0.2) is 0 Å². The Labute approximate surface area is 122 Å². The number of carbonyl (C=O) groups excluding carboxylic acids is 1. The highest BCUT2D eigenvalue weighted by Crippen LogP contribution is 2.25. The highest BCUT2D eigenvalue weighted by atomic mass is 35.5. The van der Waals surface area contributed by atoms with E-state index in [1.54, 1.807) is 17.1 Å². The number of aliphatic hydroxyl groups is 1. The van der Waals surface area contributed by atoms with Gasteiger partial charge < -0.3 is 10.0 Å². The Balaban J connectivity index is 2.00. The van der Waals surface area contributed by atoms with Crippen LogP contribution in [0.25, 0.3) is 6.08 Å². The summed E-state index contributed by atoms with van der Waals surface area (Å²) in [5.74, 6) is -0.0227. The molecule has 19 heavy (non-hydrogen) atoms. The predicted molar refractivity (Wildman–Crippen MR) is 79.4 cm³/mol. The third-order valence-corrected chi connectivity index (χ3v) is 4.57. The minimum atomic E-state index is -0.0227. The maximum absolute atomic E-state index is 12.2. The molecule has 0 aromatic carbocycles. The fraction of sp³-hybridized carbons (Fsp3) is 0.500. The third-order valence-electron chi connectivity index (χ3n) is 3.37. The van der Waals surface area contributed by atoms with Gasteiger partial charge >= 0.3 is 0 Å². The molecule has 1 aliphatic carbocycles. The van der Waals surface area contributed by atoms with Crippen LogP contribution in [-0.2, 0) is 4.79 Å². The lowest BCUT2D eigenvalue weighted by molar-refractivity contribution is -0.128. The Bertz CT molecular complexity index is 452. The largest absolute Gasteiger partial charge is 0.395 e. The molecule has 2 rings (SSSR count). The number of rotatable bonds is 5. The summed E-state index contributed by atoms with van der Waals surface area (Å²) in [6.45, 7) is 0.431. The number of thiophene rings is 1. The normalized spacial score (nSPS) is 16.3. The lowest BCUT2D eigenvalue weighted by atomic mass is 10.2. The summed E-state index contributed by atoms with van der Waals surface area (Å²) in [6, 6.07) is 4.00.